The number of anilines is 1. The lowest BCUT2D eigenvalue weighted by molar-refractivity contribution is -0.0498. The number of aromatic nitrogens is 1. The molecule has 2 aromatic heterocycles. The van der Waals surface area contributed by atoms with Crippen molar-refractivity contribution < 1.29 is 32.2 Å². The summed E-state index contributed by atoms with van der Waals surface area (Å²) in [5.41, 5.74) is 1.29. The summed E-state index contributed by atoms with van der Waals surface area (Å²) < 4.78 is 45.2. The van der Waals surface area contributed by atoms with Gasteiger partial charge in [-0.3, -0.25) is 10.1 Å². The maximum atomic E-state index is 12.5. The van der Waals surface area contributed by atoms with Crippen LogP contribution in [0.3, 0.4) is 0 Å². The number of carbonyl (C=O) groups excluding carboxylic acids is 1. The van der Waals surface area contributed by atoms with E-state index in [2.05, 4.69) is 15.0 Å². The van der Waals surface area contributed by atoms with Gasteiger partial charge < -0.3 is 18.6 Å². The standard InChI is InChI=1S/C23H18F2N2O5S/c1-29-15-6-8-16(9-7-15)30-12-18-10-11-20(31-18)21(28)27-23-26-19(13-33-23)14-2-4-17(5-3-14)32-22(24)25/h2-11,13,22H,12H2,1H3,(H,26,27,28). The molecule has 170 valence electrons. The zero-order valence-corrected chi connectivity index (χ0v) is 18.1. The Morgan fingerprint density at radius 1 is 1.03 bits per heavy atom. The maximum Gasteiger partial charge on any atom is 0.387 e. The Balaban J connectivity index is 1.33. The Bertz CT molecular complexity index is 1210. The molecule has 0 spiro atoms. The number of hydrogen-bond donors (Lipinski definition) is 1. The highest BCUT2D eigenvalue weighted by Gasteiger charge is 2.15. The fraction of sp³-hybridized carbons (Fsp3) is 0.130. The summed E-state index contributed by atoms with van der Waals surface area (Å²) in [5.74, 6) is 1.58. The van der Waals surface area contributed by atoms with E-state index in [0.717, 1.165) is 5.75 Å². The number of rotatable bonds is 9. The molecular weight excluding hydrogens is 454 g/mol. The van der Waals surface area contributed by atoms with E-state index in [9.17, 15) is 13.6 Å². The maximum absolute atomic E-state index is 12.5. The normalized spacial score (nSPS) is 10.8. The second kappa shape index (κ2) is 10.1. The number of methoxy groups -OCH3 is 1. The van der Waals surface area contributed by atoms with Crippen LogP contribution >= 0.6 is 11.3 Å². The van der Waals surface area contributed by atoms with Crippen LogP contribution in [0.5, 0.6) is 17.2 Å². The highest BCUT2D eigenvalue weighted by Crippen LogP contribution is 2.27. The summed E-state index contributed by atoms with van der Waals surface area (Å²) >= 11 is 1.23. The zero-order chi connectivity index (χ0) is 23.2. The van der Waals surface area contributed by atoms with E-state index in [1.165, 1.54) is 23.5 Å². The SMILES string of the molecule is COc1ccc(OCc2ccc(C(=O)Nc3nc(-c4ccc(OC(F)F)cc4)cs3)o2)cc1. The van der Waals surface area contributed by atoms with Gasteiger partial charge in [-0.2, -0.15) is 8.78 Å². The summed E-state index contributed by atoms with van der Waals surface area (Å²) in [5, 5.41) is 4.80. The topological polar surface area (TPSA) is 82.8 Å². The van der Waals surface area contributed by atoms with Crippen LogP contribution in [0, 0.1) is 0 Å². The monoisotopic (exact) mass is 472 g/mol. The first-order valence-corrected chi connectivity index (χ1v) is 10.6. The number of furan rings is 1. The molecule has 0 fully saturated rings. The molecule has 0 saturated heterocycles. The lowest BCUT2D eigenvalue weighted by Gasteiger charge is -2.05. The van der Waals surface area contributed by atoms with E-state index in [0.29, 0.717) is 27.9 Å². The van der Waals surface area contributed by atoms with Crippen LogP contribution < -0.4 is 19.5 Å². The fourth-order valence-corrected chi connectivity index (χ4v) is 3.55. The van der Waals surface area contributed by atoms with E-state index in [1.807, 2.05) is 0 Å². The van der Waals surface area contributed by atoms with Gasteiger partial charge in [0.1, 0.15) is 29.6 Å². The molecule has 4 rings (SSSR count). The van der Waals surface area contributed by atoms with Crippen LogP contribution in [0.15, 0.2) is 70.5 Å². The molecule has 0 bridgehead atoms. The van der Waals surface area contributed by atoms with Crippen LogP contribution in [-0.2, 0) is 6.61 Å². The van der Waals surface area contributed by atoms with E-state index < -0.39 is 12.5 Å². The number of halogens is 2. The van der Waals surface area contributed by atoms with Crippen molar-refractivity contribution in [3.8, 4) is 28.5 Å². The molecule has 4 aromatic rings. The number of thiazole rings is 1. The number of ether oxygens (including phenoxy) is 3. The molecule has 2 aromatic carbocycles. The Kier molecular flexibility index (Phi) is 6.84. The summed E-state index contributed by atoms with van der Waals surface area (Å²) in [6.07, 6.45) is 0. The van der Waals surface area contributed by atoms with Crippen LogP contribution in [0.2, 0.25) is 0 Å². The molecule has 0 aliphatic carbocycles. The van der Waals surface area contributed by atoms with Crippen LogP contribution in [0.4, 0.5) is 13.9 Å². The van der Waals surface area contributed by atoms with E-state index >= 15 is 0 Å². The first-order chi connectivity index (χ1) is 16.0. The van der Waals surface area contributed by atoms with Gasteiger partial charge in [-0.05, 0) is 60.7 Å². The van der Waals surface area contributed by atoms with Gasteiger partial charge in [0.25, 0.3) is 5.91 Å². The summed E-state index contributed by atoms with van der Waals surface area (Å²) in [4.78, 5) is 16.8. The average molecular weight is 472 g/mol. The summed E-state index contributed by atoms with van der Waals surface area (Å²) in [6, 6.07) is 16.4. The van der Waals surface area contributed by atoms with Crippen molar-refractivity contribution in [1.29, 1.82) is 0 Å². The zero-order valence-electron chi connectivity index (χ0n) is 17.3. The van der Waals surface area contributed by atoms with Crippen molar-refractivity contribution in [2.45, 2.75) is 13.2 Å². The minimum Gasteiger partial charge on any atom is -0.497 e. The molecule has 1 amide bonds. The van der Waals surface area contributed by atoms with E-state index in [4.69, 9.17) is 13.9 Å². The van der Waals surface area contributed by atoms with Gasteiger partial charge in [0.2, 0.25) is 0 Å². The molecule has 0 radical (unpaired) electrons. The Hall–Kier alpha value is -3.92. The Morgan fingerprint density at radius 2 is 1.73 bits per heavy atom. The van der Waals surface area contributed by atoms with Crippen LogP contribution in [0.25, 0.3) is 11.3 Å². The Labute approximate surface area is 191 Å². The smallest absolute Gasteiger partial charge is 0.387 e. The Morgan fingerprint density at radius 3 is 2.42 bits per heavy atom. The summed E-state index contributed by atoms with van der Waals surface area (Å²) in [7, 11) is 1.59. The third-order valence-electron chi connectivity index (χ3n) is 4.43. The number of carbonyl (C=O) groups is 1. The molecular formula is C23H18F2N2O5S. The molecule has 10 heteroatoms. The van der Waals surface area contributed by atoms with Crippen molar-refractivity contribution in [2.75, 3.05) is 12.4 Å². The molecule has 7 nitrogen and oxygen atoms in total. The fourth-order valence-electron chi connectivity index (χ4n) is 2.83. The average Bonchev–Trinajstić information content (AvgIpc) is 3.48. The third kappa shape index (κ3) is 5.86. The van der Waals surface area contributed by atoms with Gasteiger partial charge in [0.15, 0.2) is 10.9 Å². The highest BCUT2D eigenvalue weighted by molar-refractivity contribution is 7.14. The predicted molar refractivity (Wildman–Crippen MR) is 118 cm³/mol. The van der Waals surface area contributed by atoms with Crippen molar-refractivity contribution in [2.24, 2.45) is 0 Å². The summed E-state index contributed by atoms with van der Waals surface area (Å²) in [6.45, 7) is -2.72. The number of nitrogens with one attached hydrogen (secondary N) is 1. The molecule has 0 aliphatic heterocycles. The van der Waals surface area contributed by atoms with Crippen LogP contribution in [-0.4, -0.2) is 24.6 Å². The molecule has 33 heavy (non-hydrogen) atoms. The number of hydrogen-bond acceptors (Lipinski definition) is 7. The molecule has 0 aliphatic rings. The van der Waals surface area contributed by atoms with Gasteiger partial charge >= 0.3 is 6.61 Å². The predicted octanol–water partition coefficient (Wildman–Crippen LogP) is 5.84. The quantitative estimate of drug-likeness (QED) is 0.329. The number of amides is 1. The van der Waals surface area contributed by atoms with Crippen molar-refractivity contribution >= 4 is 22.4 Å². The van der Waals surface area contributed by atoms with Gasteiger partial charge in [-0.15, -0.1) is 11.3 Å². The molecule has 0 atom stereocenters. The van der Waals surface area contributed by atoms with Gasteiger partial charge in [0.05, 0.1) is 12.8 Å². The largest absolute Gasteiger partial charge is 0.497 e. The number of nitrogens with zero attached hydrogens (tertiary/aromatic N) is 1. The van der Waals surface area contributed by atoms with Gasteiger partial charge in [-0.25, -0.2) is 4.98 Å². The lowest BCUT2D eigenvalue weighted by Crippen LogP contribution is -2.10. The van der Waals surface area contributed by atoms with Crippen LogP contribution in [0.1, 0.15) is 16.3 Å². The third-order valence-corrected chi connectivity index (χ3v) is 5.18. The van der Waals surface area contributed by atoms with Crippen molar-refractivity contribution in [3.63, 3.8) is 0 Å². The van der Waals surface area contributed by atoms with E-state index in [-0.39, 0.29) is 18.1 Å². The molecule has 1 N–H and O–H groups in total. The first-order valence-electron chi connectivity index (χ1n) is 9.68. The lowest BCUT2D eigenvalue weighted by atomic mass is 10.2. The second-order valence-corrected chi connectivity index (χ2v) is 7.48. The van der Waals surface area contributed by atoms with E-state index in [1.54, 1.807) is 61.0 Å². The molecule has 0 unspecified atom stereocenters. The highest BCUT2D eigenvalue weighted by atomic mass is 32.1. The number of alkyl halides is 2. The molecule has 0 saturated carbocycles. The minimum absolute atomic E-state index is 0.0575. The number of benzene rings is 2. The first kappa shape index (κ1) is 22.3. The second-order valence-electron chi connectivity index (χ2n) is 6.63. The molecule has 2 heterocycles. The minimum atomic E-state index is -2.88. The van der Waals surface area contributed by atoms with Gasteiger partial charge in [-0.1, -0.05) is 0 Å². The van der Waals surface area contributed by atoms with Crippen molar-refractivity contribution in [1.82, 2.24) is 4.98 Å². The van der Waals surface area contributed by atoms with Gasteiger partial charge in [0, 0.05) is 10.9 Å². The van der Waals surface area contributed by atoms with Crippen molar-refractivity contribution in [3.05, 3.63) is 77.6 Å².